The van der Waals surface area contributed by atoms with E-state index in [4.69, 9.17) is 0 Å². The first-order valence-corrected chi connectivity index (χ1v) is 5.26. The molecule has 0 aromatic heterocycles. The smallest absolute Gasteiger partial charge is 0.0230 e. The Bertz CT molecular complexity index is 193. The molecule has 13 heavy (non-hydrogen) atoms. The van der Waals surface area contributed by atoms with Crippen molar-refractivity contribution in [3.8, 4) is 0 Å². The summed E-state index contributed by atoms with van der Waals surface area (Å²) in [7, 11) is 0. The van der Waals surface area contributed by atoms with Gasteiger partial charge in [-0.1, -0.05) is 25.7 Å². The molecule has 1 rings (SSSR count). The third-order valence-corrected chi connectivity index (χ3v) is 2.78. The van der Waals surface area contributed by atoms with Gasteiger partial charge in [0.05, 0.1) is 0 Å². The fraction of sp³-hybridized carbons (Fsp3) is 0.667. The fourth-order valence-electron chi connectivity index (χ4n) is 1.96. The highest BCUT2D eigenvalue weighted by atomic mass is 15.1. The van der Waals surface area contributed by atoms with Crippen LogP contribution >= 0.6 is 0 Å². The first-order chi connectivity index (χ1) is 6.26. The second-order valence-corrected chi connectivity index (χ2v) is 4.05. The van der Waals surface area contributed by atoms with Crippen molar-refractivity contribution in [2.45, 2.75) is 26.7 Å². The highest BCUT2D eigenvalue weighted by molar-refractivity contribution is 5.16. The van der Waals surface area contributed by atoms with Gasteiger partial charge in [0.25, 0.3) is 0 Å². The standard InChI is InChI=1S/C12H21N/c1-4-12(5-2)10-13-8-6-7-11(3)9-13/h4-5,11H,1,6-10H2,2-3H3/b12-5+. The second kappa shape index (κ2) is 5.23. The summed E-state index contributed by atoms with van der Waals surface area (Å²) in [5.41, 5.74) is 1.36. The summed E-state index contributed by atoms with van der Waals surface area (Å²) in [6, 6.07) is 0. The van der Waals surface area contributed by atoms with Crippen LogP contribution < -0.4 is 0 Å². The van der Waals surface area contributed by atoms with Gasteiger partial charge in [-0.15, -0.1) is 0 Å². The molecule has 0 aromatic carbocycles. The molecule has 1 heteroatoms. The van der Waals surface area contributed by atoms with Gasteiger partial charge in [0.1, 0.15) is 0 Å². The fourth-order valence-corrected chi connectivity index (χ4v) is 1.96. The zero-order valence-electron chi connectivity index (χ0n) is 8.92. The molecule has 1 aliphatic rings. The first kappa shape index (κ1) is 10.5. The van der Waals surface area contributed by atoms with Gasteiger partial charge in [-0.05, 0) is 37.8 Å². The average Bonchev–Trinajstić information content (AvgIpc) is 2.14. The van der Waals surface area contributed by atoms with Gasteiger partial charge in [0.2, 0.25) is 0 Å². The van der Waals surface area contributed by atoms with E-state index in [1.807, 2.05) is 6.08 Å². The van der Waals surface area contributed by atoms with Crippen molar-refractivity contribution in [2.24, 2.45) is 5.92 Å². The predicted molar refractivity (Wildman–Crippen MR) is 58.8 cm³/mol. The second-order valence-electron chi connectivity index (χ2n) is 4.05. The van der Waals surface area contributed by atoms with E-state index in [-0.39, 0.29) is 0 Å². The van der Waals surface area contributed by atoms with Crippen molar-refractivity contribution < 1.29 is 0 Å². The summed E-state index contributed by atoms with van der Waals surface area (Å²) in [5.74, 6) is 0.872. The van der Waals surface area contributed by atoms with Crippen molar-refractivity contribution in [2.75, 3.05) is 19.6 Å². The third kappa shape index (κ3) is 3.35. The van der Waals surface area contributed by atoms with Gasteiger partial charge in [0.15, 0.2) is 0 Å². The van der Waals surface area contributed by atoms with E-state index < -0.39 is 0 Å². The van der Waals surface area contributed by atoms with Gasteiger partial charge in [-0.25, -0.2) is 0 Å². The minimum Gasteiger partial charge on any atom is -0.299 e. The highest BCUT2D eigenvalue weighted by Gasteiger charge is 2.15. The molecular formula is C12H21N. The number of hydrogen-bond donors (Lipinski definition) is 0. The molecule has 74 valence electrons. The van der Waals surface area contributed by atoms with Crippen LogP contribution in [0.25, 0.3) is 0 Å². The lowest BCUT2D eigenvalue weighted by Gasteiger charge is -2.31. The van der Waals surface area contributed by atoms with Crippen molar-refractivity contribution in [3.63, 3.8) is 0 Å². The molecular weight excluding hydrogens is 158 g/mol. The van der Waals surface area contributed by atoms with Gasteiger partial charge < -0.3 is 0 Å². The maximum absolute atomic E-state index is 3.82. The molecule has 0 radical (unpaired) electrons. The Morgan fingerprint density at radius 3 is 2.92 bits per heavy atom. The number of piperidine rings is 1. The molecule has 0 spiro atoms. The Hall–Kier alpha value is -0.560. The number of nitrogens with zero attached hydrogens (tertiary/aromatic N) is 1. The molecule has 1 aliphatic heterocycles. The Morgan fingerprint density at radius 2 is 2.38 bits per heavy atom. The summed E-state index contributed by atoms with van der Waals surface area (Å²) >= 11 is 0. The van der Waals surface area contributed by atoms with Crippen molar-refractivity contribution in [1.29, 1.82) is 0 Å². The Balaban J connectivity index is 2.39. The van der Waals surface area contributed by atoms with Crippen LogP contribution in [0, 0.1) is 5.92 Å². The maximum Gasteiger partial charge on any atom is 0.0230 e. The maximum atomic E-state index is 3.82. The van der Waals surface area contributed by atoms with Crippen molar-refractivity contribution >= 4 is 0 Å². The van der Waals surface area contributed by atoms with E-state index in [1.165, 1.54) is 31.5 Å². The van der Waals surface area contributed by atoms with Gasteiger partial charge >= 0.3 is 0 Å². The monoisotopic (exact) mass is 179 g/mol. The topological polar surface area (TPSA) is 3.24 Å². The normalized spacial score (nSPS) is 26.0. The minimum absolute atomic E-state index is 0.872. The van der Waals surface area contributed by atoms with Gasteiger partial charge in [-0.2, -0.15) is 0 Å². The van der Waals surface area contributed by atoms with Crippen molar-refractivity contribution in [3.05, 3.63) is 24.3 Å². The molecule has 1 nitrogen and oxygen atoms in total. The molecule has 1 saturated heterocycles. The van der Waals surface area contributed by atoms with Crippen LogP contribution in [0.2, 0.25) is 0 Å². The molecule has 1 fully saturated rings. The number of hydrogen-bond acceptors (Lipinski definition) is 1. The third-order valence-electron chi connectivity index (χ3n) is 2.78. The largest absolute Gasteiger partial charge is 0.299 e. The molecule has 0 amide bonds. The number of likely N-dealkylation sites (tertiary alicyclic amines) is 1. The Kier molecular flexibility index (Phi) is 4.23. The van der Waals surface area contributed by atoms with Crippen molar-refractivity contribution in [1.82, 2.24) is 4.90 Å². The summed E-state index contributed by atoms with van der Waals surface area (Å²) in [5, 5.41) is 0. The van der Waals surface area contributed by atoms with E-state index in [9.17, 15) is 0 Å². The minimum atomic E-state index is 0.872. The van der Waals surface area contributed by atoms with Crippen LogP contribution in [-0.2, 0) is 0 Å². The molecule has 1 unspecified atom stereocenters. The summed E-state index contributed by atoms with van der Waals surface area (Å²) in [4.78, 5) is 2.53. The van der Waals surface area contributed by atoms with Crippen LogP contribution in [0.3, 0.4) is 0 Å². The van der Waals surface area contributed by atoms with Crippen LogP contribution in [0.15, 0.2) is 24.3 Å². The molecule has 0 aliphatic carbocycles. The van der Waals surface area contributed by atoms with Crippen LogP contribution in [0.4, 0.5) is 0 Å². The molecule has 0 bridgehead atoms. The SMILES string of the molecule is C=C/C(=C\C)CN1CCCC(C)C1. The van der Waals surface area contributed by atoms with E-state index in [1.54, 1.807) is 0 Å². The number of rotatable bonds is 3. The molecule has 0 aromatic rings. The molecule has 1 atom stereocenters. The molecule has 1 heterocycles. The van der Waals surface area contributed by atoms with E-state index in [2.05, 4.69) is 31.4 Å². The summed E-state index contributed by atoms with van der Waals surface area (Å²) in [6.07, 6.45) is 6.89. The molecule has 0 saturated carbocycles. The van der Waals surface area contributed by atoms with Gasteiger partial charge in [-0.3, -0.25) is 4.90 Å². The van der Waals surface area contributed by atoms with Gasteiger partial charge in [0, 0.05) is 13.1 Å². The first-order valence-electron chi connectivity index (χ1n) is 5.26. The van der Waals surface area contributed by atoms with Crippen LogP contribution in [0.5, 0.6) is 0 Å². The predicted octanol–water partition coefficient (Wildman–Crippen LogP) is 2.85. The van der Waals surface area contributed by atoms with Crippen LogP contribution in [0.1, 0.15) is 26.7 Å². The zero-order valence-corrected chi connectivity index (χ0v) is 8.92. The quantitative estimate of drug-likeness (QED) is 0.602. The summed E-state index contributed by atoms with van der Waals surface area (Å²) in [6.45, 7) is 11.9. The summed E-state index contributed by atoms with van der Waals surface area (Å²) < 4.78 is 0. The highest BCUT2D eigenvalue weighted by Crippen LogP contribution is 2.16. The lowest BCUT2D eigenvalue weighted by atomic mass is 10.00. The molecule has 0 N–H and O–H groups in total. The lowest BCUT2D eigenvalue weighted by Crippen LogP contribution is -2.35. The van der Waals surface area contributed by atoms with E-state index in [0.29, 0.717) is 0 Å². The van der Waals surface area contributed by atoms with Crippen LogP contribution in [-0.4, -0.2) is 24.5 Å². The Morgan fingerprint density at radius 1 is 1.62 bits per heavy atom. The average molecular weight is 179 g/mol. The lowest BCUT2D eigenvalue weighted by molar-refractivity contribution is 0.199. The zero-order chi connectivity index (χ0) is 9.68. The van der Waals surface area contributed by atoms with E-state index in [0.717, 1.165) is 12.5 Å². The van der Waals surface area contributed by atoms with E-state index >= 15 is 0 Å². The Labute approximate surface area is 82.1 Å². The number of allylic oxidation sites excluding steroid dienone is 1.